The standard InChI is InChI=1S/C15H23N5/c1-3-4-5-7-10-13(2)16-15-17-18-19-20(15)14-11-8-6-9-12-14/h6,8-9,11-13H,3-5,7,10H2,1-2H3,(H,16,17,19). The maximum atomic E-state index is 4.07. The van der Waals surface area contributed by atoms with Crippen molar-refractivity contribution >= 4 is 5.95 Å². The van der Waals surface area contributed by atoms with Crippen LogP contribution in [0.3, 0.4) is 0 Å². The monoisotopic (exact) mass is 273 g/mol. The van der Waals surface area contributed by atoms with E-state index in [1.165, 1.54) is 25.7 Å². The highest BCUT2D eigenvalue weighted by atomic mass is 15.6. The Morgan fingerprint density at radius 2 is 1.95 bits per heavy atom. The summed E-state index contributed by atoms with van der Waals surface area (Å²) in [5.74, 6) is 0.708. The largest absolute Gasteiger partial charge is 0.350 e. The molecule has 5 nitrogen and oxygen atoms in total. The quantitative estimate of drug-likeness (QED) is 0.749. The highest BCUT2D eigenvalue weighted by molar-refractivity contribution is 5.38. The molecule has 0 saturated heterocycles. The molecule has 2 aromatic rings. The Morgan fingerprint density at radius 1 is 1.15 bits per heavy atom. The van der Waals surface area contributed by atoms with Crippen LogP contribution in [-0.2, 0) is 0 Å². The Morgan fingerprint density at radius 3 is 2.70 bits per heavy atom. The Bertz CT molecular complexity index is 494. The third-order valence-electron chi connectivity index (χ3n) is 3.34. The average molecular weight is 273 g/mol. The molecule has 20 heavy (non-hydrogen) atoms. The van der Waals surface area contributed by atoms with Crippen molar-refractivity contribution in [3.05, 3.63) is 30.3 Å². The van der Waals surface area contributed by atoms with E-state index >= 15 is 0 Å². The molecule has 108 valence electrons. The van der Waals surface area contributed by atoms with Gasteiger partial charge in [0, 0.05) is 6.04 Å². The van der Waals surface area contributed by atoms with Crippen LogP contribution in [0.25, 0.3) is 5.69 Å². The number of rotatable bonds is 8. The molecule has 1 N–H and O–H groups in total. The number of benzene rings is 1. The molecule has 0 aliphatic carbocycles. The third kappa shape index (κ3) is 4.05. The molecule has 1 heterocycles. The predicted molar refractivity (Wildman–Crippen MR) is 81.0 cm³/mol. The average Bonchev–Trinajstić information content (AvgIpc) is 2.92. The molecule has 1 aromatic heterocycles. The van der Waals surface area contributed by atoms with Crippen LogP contribution in [0.2, 0.25) is 0 Å². The second kappa shape index (κ2) is 7.62. The molecule has 5 heteroatoms. The molecule has 0 radical (unpaired) electrons. The molecule has 1 atom stereocenters. The van der Waals surface area contributed by atoms with Crippen molar-refractivity contribution in [2.24, 2.45) is 0 Å². The lowest BCUT2D eigenvalue weighted by Gasteiger charge is -2.14. The summed E-state index contributed by atoms with van der Waals surface area (Å²) in [7, 11) is 0. The molecule has 1 aromatic carbocycles. The predicted octanol–water partition coefficient (Wildman–Crippen LogP) is 3.43. The van der Waals surface area contributed by atoms with Crippen LogP contribution in [0.1, 0.15) is 46.0 Å². The Labute approximate surface area is 120 Å². The lowest BCUT2D eigenvalue weighted by Crippen LogP contribution is -2.18. The van der Waals surface area contributed by atoms with Crippen LogP contribution in [-0.4, -0.2) is 26.2 Å². The van der Waals surface area contributed by atoms with Gasteiger partial charge in [0.25, 0.3) is 0 Å². The van der Waals surface area contributed by atoms with Crippen LogP contribution in [0.5, 0.6) is 0 Å². The lowest BCUT2D eigenvalue weighted by molar-refractivity contribution is 0.590. The molecule has 0 aliphatic rings. The molecule has 0 spiro atoms. The fourth-order valence-electron chi connectivity index (χ4n) is 2.19. The molecular weight excluding hydrogens is 250 g/mol. The van der Waals surface area contributed by atoms with Gasteiger partial charge in [0.05, 0.1) is 5.69 Å². The maximum Gasteiger partial charge on any atom is 0.247 e. The minimum atomic E-state index is 0.375. The van der Waals surface area contributed by atoms with Gasteiger partial charge in [-0.05, 0) is 35.9 Å². The van der Waals surface area contributed by atoms with Gasteiger partial charge in [0.2, 0.25) is 5.95 Å². The first kappa shape index (κ1) is 14.5. The van der Waals surface area contributed by atoms with Gasteiger partial charge < -0.3 is 5.32 Å². The van der Waals surface area contributed by atoms with Crippen LogP contribution in [0.4, 0.5) is 5.95 Å². The summed E-state index contributed by atoms with van der Waals surface area (Å²) in [6.45, 7) is 4.41. The van der Waals surface area contributed by atoms with E-state index in [0.29, 0.717) is 12.0 Å². The number of para-hydroxylation sites is 1. The summed E-state index contributed by atoms with van der Waals surface area (Å²) in [6, 6.07) is 10.3. The molecule has 0 bridgehead atoms. The van der Waals surface area contributed by atoms with Gasteiger partial charge in [-0.25, -0.2) is 0 Å². The van der Waals surface area contributed by atoms with E-state index in [2.05, 4.69) is 34.7 Å². The van der Waals surface area contributed by atoms with Crippen molar-refractivity contribution in [3.63, 3.8) is 0 Å². The van der Waals surface area contributed by atoms with E-state index in [9.17, 15) is 0 Å². The van der Waals surface area contributed by atoms with Gasteiger partial charge in [-0.3, -0.25) is 0 Å². The molecule has 0 aliphatic heterocycles. The number of hydrogen-bond donors (Lipinski definition) is 1. The first-order valence-electron chi connectivity index (χ1n) is 7.41. The Balaban J connectivity index is 1.92. The lowest BCUT2D eigenvalue weighted by atomic mass is 10.1. The number of hydrogen-bond acceptors (Lipinski definition) is 4. The minimum absolute atomic E-state index is 0.375. The Kier molecular flexibility index (Phi) is 5.53. The summed E-state index contributed by atoms with van der Waals surface area (Å²) in [4.78, 5) is 0. The topological polar surface area (TPSA) is 55.6 Å². The third-order valence-corrected chi connectivity index (χ3v) is 3.34. The van der Waals surface area contributed by atoms with Crippen LogP contribution in [0, 0.1) is 0 Å². The molecule has 0 fully saturated rings. The smallest absolute Gasteiger partial charge is 0.247 e. The molecule has 2 rings (SSSR count). The normalized spacial score (nSPS) is 12.3. The molecule has 0 amide bonds. The summed E-state index contributed by atoms with van der Waals surface area (Å²) in [5, 5.41) is 15.3. The summed E-state index contributed by atoms with van der Waals surface area (Å²) in [5.41, 5.74) is 0.971. The van der Waals surface area contributed by atoms with Crippen molar-refractivity contribution in [1.82, 2.24) is 20.2 Å². The SMILES string of the molecule is CCCCCCC(C)Nc1nnnn1-c1ccccc1. The van der Waals surface area contributed by atoms with Crippen molar-refractivity contribution in [3.8, 4) is 5.69 Å². The summed E-state index contributed by atoms with van der Waals surface area (Å²) >= 11 is 0. The Hall–Kier alpha value is -1.91. The van der Waals surface area contributed by atoms with Crippen molar-refractivity contribution in [1.29, 1.82) is 0 Å². The number of tetrazole rings is 1. The van der Waals surface area contributed by atoms with Crippen LogP contribution in [0.15, 0.2) is 30.3 Å². The molecule has 0 saturated carbocycles. The van der Waals surface area contributed by atoms with Gasteiger partial charge >= 0.3 is 0 Å². The molecular formula is C15H23N5. The van der Waals surface area contributed by atoms with Gasteiger partial charge in [-0.2, -0.15) is 4.68 Å². The number of nitrogens with zero attached hydrogens (tertiary/aromatic N) is 4. The van der Waals surface area contributed by atoms with Gasteiger partial charge in [-0.15, -0.1) is 0 Å². The number of nitrogens with one attached hydrogen (secondary N) is 1. The van der Waals surface area contributed by atoms with Crippen LogP contribution >= 0.6 is 0 Å². The van der Waals surface area contributed by atoms with E-state index in [-0.39, 0.29) is 0 Å². The fraction of sp³-hybridized carbons (Fsp3) is 0.533. The van der Waals surface area contributed by atoms with Crippen molar-refractivity contribution in [2.45, 2.75) is 52.0 Å². The number of unbranched alkanes of at least 4 members (excludes halogenated alkanes) is 3. The first-order chi connectivity index (χ1) is 9.81. The first-order valence-corrected chi connectivity index (χ1v) is 7.41. The summed E-state index contributed by atoms with van der Waals surface area (Å²) in [6.07, 6.45) is 6.27. The summed E-state index contributed by atoms with van der Waals surface area (Å²) < 4.78 is 1.74. The number of aromatic nitrogens is 4. The van der Waals surface area contributed by atoms with Gasteiger partial charge in [-0.1, -0.05) is 55.9 Å². The zero-order valence-electron chi connectivity index (χ0n) is 12.3. The maximum absolute atomic E-state index is 4.07. The van der Waals surface area contributed by atoms with E-state index in [4.69, 9.17) is 0 Å². The van der Waals surface area contributed by atoms with E-state index in [1.807, 2.05) is 30.3 Å². The van der Waals surface area contributed by atoms with Crippen molar-refractivity contribution in [2.75, 3.05) is 5.32 Å². The highest BCUT2D eigenvalue weighted by Crippen LogP contribution is 2.13. The second-order valence-corrected chi connectivity index (χ2v) is 5.14. The van der Waals surface area contributed by atoms with Crippen molar-refractivity contribution < 1.29 is 0 Å². The zero-order chi connectivity index (χ0) is 14.2. The van der Waals surface area contributed by atoms with Gasteiger partial charge in [0.15, 0.2) is 0 Å². The molecule has 1 unspecified atom stereocenters. The fourth-order valence-corrected chi connectivity index (χ4v) is 2.19. The number of anilines is 1. The second-order valence-electron chi connectivity index (χ2n) is 5.14. The van der Waals surface area contributed by atoms with Crippen LogP contribution < -0.4 is 5.32 Å². The zero-order valence-corrected chi connectivity index (χ0v) is 12.3. The highest BCUT2D eigenvalue weighted by Gasteiger charge is 2.10. The van der Waals surface area contributed by atoms with E-state index in [1.54, 1.807) is 4.68 Å². The minimum Gasteiger partial charge on any atom is -0.350 e. The van der Waals surface area contributed by atoms with E-state index in [0.717, 1.165) is 12.1 Å². The van der Waals surface area contributed by atoms with E-state index < -0.39 is 0 Å². The van der Waals surface area contributed by atoms with Gasteiger partial charge in [0.1, 0.15) is 0 Å².